The van der Waals surface area contributed by atoms with E-state index in [2.05, 4.69) is 0 Å². The summed E-state index contributed by atoms with van der Waals surface area (Å²) in [7, 11) is 1.71. The van der Waals surface area contributed by atoms with Gasteiger partial charge in [0, 0.05) is 38.7 Å². The Balaban J connectivity index is 1.91. The normalized spacial score (nSPS) is 15.3. The van der Waals surface area contributed by atoms with Crippen LogP contribution in [0.1, 0.15) is 25.3 Å². The SMILES string of the molecule is CC(=O)N(C)c1ccc(CC(=O)N2CCC(C(N)=O)CC2)cc1. The fourth-order valence-corrected chi connectivity index (χ4v) is 2.72. The molecule has 1 saturated heterocycles. The monoisotopic (exact) mass is 317 g/mol. The van der Waals surface area contributed by atoms with Crippen molar-refractivity contribution < 1.29 is 14.4 Å². The molecule has 1 aliphatic rings. The lowest BCUT2D eigenvalue weighted by molar-refractivity contribution is -0.134. The third kappa shape index (κ3) is 4.31. The number of benzene rings is 1. The lowest BCUT2D eigenvalue weighted by Gasteiger charge is -2.30. The average molecular weight is 317 g/mol. The molecule has 0 atom stereocenters. The molecule has 0 unspecified atom stereocenters. The van der Waals surface area contributed by atoms with Gasteiger partial charge in [0.1, 0.15) is 0 Å². The van der Waals surface area contributed by atoms with E-state index in [0.717, 1.165) is 11.3 Å². The van der Waals surface area contributed by atoms with E-state index in [-0.39, 0.29) is 23.6 Å². The van der Waals surface area contributed by atoms with Crippen LogP contribution in [-0.2, 0) is 20.8 Å². The van der Waals surface area contributed by atoms with Gasteiger partial charge in [-0.2, -0.15) is 0 Å². The van der Waals surface area contributed by atoms with Crippen LogP contribution in [0.3, 0.4) is 0 Å². The zero-order valence-corrected chi connectivity index (χ0v) is 13.6. The van der Waals surface area contributed by atoms with E-state index in [0.29, 0.717) is 32.4 Å². The van der Waals surface area contributed by atoms with Crippen LogP contribution in [0.2, 0.25) is 0 Å². The molecule has 0 bridgehead atoms. The molecule has 1 fully saturated rings. The molecule has 1 aromatic carbocycles. The number of piperidine rings is 1. The van der Waals surface area contributed by atoms with Crippen LogP contribution in [0, 0.1) is 5.92 Å². The first-order valence-corrected chi connectivity index (χ1v) is 7.79. The van der Waals surface area contributed by atoms with Gasteiger partial charge in [0.15, 0.2) is 0 Å². The third-order valence-electron chi connectivity index (χ3n) is 4.40. The van der Waals surface area contributed by atoms with E-state index < -0.39 is 0 Å². The number of carbonyl (C=O) groups excluding carboxylic acids is 3. The van der Waals surface area contributed by atoms with Crippen molar-refractivity contribution in [2.24, 2.45) is 11.7 Å². The summed E-state index contributed by atoms with van der Waals surface area (Å²) >= 11 is 0. The minimum Gasteiger partial charge on any atom is -0.369 e. The predicted octanol–water partition coefficient (Wildman–Crippen LogP) is 0.936. The molecule has 0 radical (unpaired) electrons. The molecule has 124 valence electrons. The van der Waals surface area contributed by atoms with Crippen molar-refractivity contribution in [3.05, 3.63) is 29.8 Å². The number of rotatable bonds is 4. The number of amides is 3. The molecule has 6 heteroatoms. The van der Waals surface area contributed by atoms with Crippen LogP contribution in [-0.4, -0.2) is 42.8 Å². The van der Waals surface area contributed by atoms with Crippen molar-refractivity contribution in [2.45, 2.75) is 26.2 Å². The molecular weight excluding hydrogens is 294 g/mol. The van der Waals surface area contributed by atoms with Gasteiger partial charge in [0.05, 0.1) is 6.42 Å². The summed E-state index contributed by atoms with van der Waals surface area (Å²) in [5.41, 5.74) is 7.01. The van der Waals surface area contributed by atoms with Crippen molar-refractivity contribution in [3.8, 4) is 0 Å². The number of carbonyl (C=O) groups is 3. The fourth-order valence-electron chi connectivity index (χ4n) is 2.72. The van der Waals surface area contributed by atoms with Gasteiger partial charge in [0.25, 0.3) is 0 Å². The molecule has 2 N–H and O–H groups in total. The highest BCUT2D eigenvalue weighted by molar-refractivity contribution is 5.90. The Kier molecular flexibility index (Phi) is 5.36. The topological polar surface area (TPSA) is 83.7 Å². The van der Waals surface area contributed by atoms with Crippen LogP contribution in [0.4, 0.5) is 5.69 Å². The Morgan fingerprint density at radius 2 is 1.74 bits per heavy atom. The largest absolute Gasteiger partial charge is 0.369 e. The molecule has 0 aromatic heterocycles. The maximum atomic E-state index is 12.3. The van der Waals surface area contributed by atoms with Crippen molar-refractivity contribution >= 4 is 23.4 Å². The Hall–Kier alpha value is -2.37. The molecule has 1 heterocycles. The maximum Gasteiger partial charge on any atom is 0.226 e. The predicted molar refractivity (Wildman–Crippen MR) is 87.7 cm³/mol. The molecule has 3 amide bonds. The Bertz CT molecular complexity index is 590. The number of anilines is 1. The van der Waals surface area contributed by atoms with Gasteiger partial charge in [-0.05, 0) is 30.5 Å². The quantitative estimate of drug-likeness (QED) is 0.897. The van der Waals surface area contributed by atoms with Crippen LogP contribution in [0.25, 0.3) is 0 Å². The molecule has 23 heavy (non-hydrogen) atoms. The van der Waals surface area contributed by atoms with E-state index in [9.17, 15) is 14.4 Å². The van der Waals surface area contributed by atoms with Crippen LogP contribution >= 0.6 is 0 Å². The summed E-state index contributed by atoms with van der Waals surface area (Å²) < 4.78 is 0. The molecule has 0 spiro atoms. The van der Waals surface area contributed by atoms with Gasteiger partial charge >= 0.3 is 0 Å². The molecule has 0 aliphatic carbocycles. The third-order valence-corrected chi connectivity index (χ3v) is 4.40. The van der Waals surface area contributed by atoms with Gasteiger partial charge in [-0.15, -0.1) is 0 Å². The first-order valence-electron chi connectivity index (χ1n) is 7.79. The summed E-state index contributed by atoms with van der Waals surface area (Å²) in [5, 5.41) is 0. The van der Waals surface area contributed by atoms with Crippen molar-refractivity contribution in [2.75, 3.05) is 25.0 Å². The molecular formula is C17H23N3O3. The van der Waals surface area contributed by atoms with Gasteiger partial charge in [0.2, 0.25) is 17.7 Å². The molecule has 2 rings (SSSR count). The van der Waals surface area contributed by atoms with Gasteiger partial charge < -0.3 is 15.5 Å². The fraction of sp³-hybridized carbons (Fsp3) is 0.471. The van der Waals surface area contributed by atoms with Crippen molar-refractivity contribution in [1.29, 1.82) is 0 Å². The summed E-state index contributed by atoms with van der Waals surface area (Å²) in [4.78, 5) is 38.1. The number of nitrogens with zero attached hydrogens (tertiary/aromatic N) is 2. The van der Waals surface area contributed by atoms with E-state index >= 15 is 0 Å². The van der Waals surface area contributed by atoms with Crippen LogP contribution in [0.5, 0.6) is 0 Å². The minimum atomic E-state index is -0.276. The summed E-state index contributed by atoms with van der Waals surface area (Å²) in [5.74, 6) is -0.366. The highest BCUT2D eigenvalue weighted by atomic mass is 16.2. The van der Waals surface area contributed by atoms with Crippen molar-refractivity contribution in [3.63, 3.8) is 0 Å². The van der Waals surface area contributed by atoms with E-state index in [4.69, 9.17) is 5.73 Å². The number of likely N-dealkylation sites (tertiary alicyclic amines) is 1. The lowest BCUT2D eigenvalue weighted by Crippen LogP contribution is -2.42. The van der Waals surface area contributed by atoms with Gasteiger partial charge in [-0.3, -0.25) is 14.4 Å². The first kappa shape index (κ1) is 17.0. The van der Waals surface area contributed by atoms with E-state index in [1.54, 1.807) is 16.8 Å². The minimum absolute atomic E-state index is 0.0360. The Morgan fingerprint density at radius 3 is 2.22 bits per heavy atom. The van der Waals surface area contributed by atoms with E-state index in [1.165, 1.54) is 6.92 Å². The Labute approximate surface area is 136 Å². The molecule has 1 aromatic rings. The zero-order valence-electron chi connectivity index (χ0n) is 13.6. The standard InChI is InChI=1S/C17H23N3O3/c1-12(21)19(2)15-5-3-13(4-6-15)11-16(22)20-9-7-14(8-10-20)17(18)23/h3-6,14H,7-11H2,1-2H3,(H2,18,23). The number of primary amides is 1. The highest BCUT2D eigenvalue weighted by Crippen LogP contribution is 2.19. The highest BCUT2D eigenvalue weighted by Gasteiger charge is 2.25. The molecule has 6 nitrogen and oxygen atoms in total. The summed E-state index contributed by atoms with van der Waals surface area (Å²) in [6.45, 7) is 2.67. The second kappa shape index (κ2) is 7.26. The molecule has 1 aliphatic heterocycles. The van der Waals surface area contributed by atoms with Crippen LogP contribution in [0.15, 0.2) is 24.3 Å². The number of nitrogens with two attached hydrogens (primary N) is 1. The smallest absolute Gasteiger partial charge is 0.226 e. The van der Waals surface area contributed by atoms with E-state index in [1.807, 2.05) is 24.3 Å². The molecule has 0 saturated carbocycles. The summed E-state index contributed by atoms with van der Waals surface area (Å²) in [6, 6.07) is 7.40. The maximum absolute atomic E-state index is 12.3. The van der Waals surface area contributed by atoms with Gasteiger partial charge in [-0.1, -0.05) is 12.1 Å². The first-order chi connectivity index (χ1) is 10.9. The lowest BCUT2D eigenvalue weighted by atomic mass is 9.96. The van der Waals surface area contributed by atoms with Crippen LogP contribution < -0.4 is 10.6 Å². The summed E-state index contributed by atoms with van der Waals surface area (Å²) in [6.07, 6.45) is 1.61. The number of hydrogen-bond donors (Lipinski definition) is 1. The number of hydrogen-bond acceptors (Lipinski definition) is 3. The Morgan fingerprint density at radius 1 is 1.17 bits per heavy atom. The second-order valence-corrected chi connectivity index (χ2v) is 5.98. The average Bonchev–Trinajstić information content (AvgIpc) is 2.54. The second-order valence-electron chi connectivity index (χ2n) is 5.98. The van der Waals surface area contributed by atoms with Gasteiger partial charge in [-0.25, -0.2) is 0 Å². The van der Waals surface area contributed by atoms with Crippen molar-refractivity contribution in [1.82, 2.24) is 4.90 Å². The zero-order chi connectivity index (χ0) is 17.0.